The predicted octanol–water partition coefficient (Wildman–Crippen LogP) is 3.87. The van der Waals surface area contributed by atoms with Crippen LogP contribution < -0.4 is 5.32 Å². The van der Waals surface area contributed by atoms with E-state index in [9.17, 15) is 4.39 Å². The van der Waals surface area contributed by atoms with E-state index in [1.165, 1.54) is 6.07 Å². The van der Waals surface area contributed by atoms with Crippen LogP contribution in [0.25, 0.3) is 11.1 Å². The first kappa shape index (κ1) is 12.1. The third kappa shape index (κ3) is 2.65. The Bertz CT molecular complexity index is 525. The van der Waals surface area contributed by atoms with Crippen molar-refractivity contribution in [1.82, 2.24) is 5.32 Å². The standard InChI is InChI=1S/C14H13ClFN/c1-17-9-10-8-11(15)6-7-12(10)13-4-2-3-5-14(13)16/h2-8,17H,9H2,1H3. The number of hydrogen-bond acceptors (Lipinski definition) is 1. The van der Waals surface area contributed by atoms with Crippen molar-refractivity contribution >= 4 is 11.6 Å². The first-order valence-corrected chi connectivity index (χ1v) is 5.78. The Morgan fingerprint density at radius 2 is 1.88 bits per heavy atom. The Morgan fingerprint density at radius 3 is 2.59 bits per heavy atom. The van der Waals surface area contributed by atoms with Gasteiger partial charge in [-0.25, -0.2) is 4.39 Å². The van der Waals surface area contributed by atoms with Gasteiger partial charge in [0.25, 0.3) is 0 Å². The van der Waals surface area contributed by atoms with Gasteiger partial charge < -0.3 is 5.32 Å². The molecule has 0 fully saturated rings. The molecular formula is C14H13ClFN. The molecule has 0 amide bonds. The highest BCUT2D eigenvalue weighted by Crippen LogP contribution is 2.28. The normalized spacial score (nSPS) is 10.5. The van der Waals surface area contributed by atoms with Crippen molar-refractivity contribution in [2.24, 2.45) is 0 Å². The molecule has 0 saturated heterocycles. The molecule has 0 aliphatic rings. The van der Waals surface area contributed by atoms with Crippen LogP contribution in [0.1, 0.15) is 5.56 Å². The third-order valence-electron chi connectivity index (χ3n) is 2.60. The molecule has 0 bridgehead atoms. The van der Waals surface area contributed by atoms with E-state index in [1.54, 1.807) is 18.2 Å². The van der Waals surface area contributed by atoms with E-state index in [-0.39, 0.29) is 5.82 Å². The summed E-state index contributed by atoms with van der Waals surface area (Å²) in [5.41, 5.74) is 2.47. The second kappa shape index (κ2) is 5.30. The molecule has 2 rings (SSSR count). The summed E-state index contributed by atoms with van der Waals surface area (Å²) in [6.45, 7) is 0.657. The zero-order valence-electron chi connectivity index (χ0n) is 9.50. The van der Waals surface area contributed by atoms with Crippen LogP contribution in [0.3, 0.4) is 0 Å². The second-order valence-corrected chi connectivity index (χ2v) is 4.25. The first-order chi connectivity index (χ1) is 8.22. The van der Waals surface area contributed by atoms with E-state index in [0.29, 0.717) is 17.1 Å². The molecule has 3 heteroatoms. The Morgan fingerprint density at radius 1 is 1.12 bits per heavy atom. The SMILES string of the molecule is CNCc1cc(Cl)ccc1-c1ccccc1F. The minimum Gasteiger partial charge on any atom is -0.316 e. The van der Waals surface area contributed by atoms with Gasteiger partial charge in [-0.15, -0.1) is 0 Å². The molecule has 17 heavy (non-hydrogen) atoms. The maximum atomic E-state index is 13.7. The van der Waals surface area contributed by atoms with Crippen molar-refractivity contribution in [2.75, 3.05) is 7.05 Å². The van der Waals surface area contributed by atoms with Crippen LogP contribution in [0, 0.1) is 5.82 Å². The fourth-order valence-electron chi connectivity index (χ4n) is 1.84. The largest absolute Gasteiger partial charge is 0.316 e. The van der Waals surface area contributed by atoms with E-state index in [1.807, 2.05) is 25.2 Å². The van der Waals surface area contributed by atoms with Gasteiger partial charge in [-0.3, -0.25) is 0 Å². The van der Waals surface area contributed by atoms with Gasteiger partial charge in [0.1, 0.15) is 5.82 Å². The highest BCUT2D eigenvalue weighted by atomic mass is 35.5. The van der Waals surface area contributed by atoms with Gasteiger partial charge in [-0.2, -0.15) is 0 Å². The zero-order chi connectivity index (χ0) is 12.3. The van der Waals surface area contributed by atoms with Crippen LogP contribution in [0.4, 0.5) is 4.39 Å². The maximum Gasteiger partial charge on any atom is 0.131 e. The van der Waals surface area contributed by atoms with Crippen molar-refractivity contribution in [2.45, 2.75) is 6.54 Å². The van der Waals surface area contributed by atoms with E-state index in [2.05, 4.69) is 5.32 Å². The number of hydrogen-bond donors (Lipinski definition) is 1. The summed E-state index contributed by atoms with van der Waals surface area (Å²) in [5, 5.41) is 3.72. The average Bonchev–Trinajstić information content (AvgIpc) is 2.31. The lowest BCUT2D eigenvalue weighted by atomic mass is 9.99. The second-order valence-electron chi connectivity index (χ2n) is 3.81. The summed E-state index contributed by atoms with van der Waals surface area (Å²) < 4.78 is 13.7. The molecule has 0 spiro atoms. The van der Waals surface area contributed by atoms with Crippen molar-refractivity contribution in [1.29, 1.82) is 0 Å². The zero-order valence-corrected chi connectivity index (χ0v) is 10.3. The number of nitrogens with one attached hydrogen (secondary N) is 1. The van der Waals surface area contributed by atoms with Crippen molar-refractivity contribution in [3.8, 4) is 11.1 Å². The summed E-state index contributed by atoms with van der Waals surface area (Å²) in [5.74, 6) is -0.216. The van der Waals surface area contributed by atoms with Crippen molar-refractivity contribution in [3.63, 3.8) is 0 Å². The number of halogens is 2. The molecule has 0 aromatic heterocycles. The Labute approximate surface area is 105 Å². The Balaban J connectivity index is 2.55. The Hall–Kier alpha value is -1.38. The van der Waals surface area contributed by atoms with E-state index in [4.69, 9.17) is 11.6 Å². The summed E-state index contributed by atoms with van der Waals surface area (Å²) in [6, 6.07) is 12.3. The van der Waals surface area contributed by atoms with Crippen LogP contribution in [0.5, 0.6) is 0 Å². The summed E-state index contributed by atoms with van der Waals surface area (Å²) in [7, 11) is 1.85. The topological polar surface area (TPSA) is 12.0 Å². The fraction of sp³-hybridized carbons (Fsp3) is 0.143. The molecular weight excluding hydrogens is 237 g/mol. The van der Waals surface area contributed by atoms with Crippen LogP contribution in [0.15, 0.2) is 42.5 Å². The molecule has 1 N–H and O–H groups in total. The van der Waals surface area contributed by atoms with Crippen molar-refractivity contribution in [3.05, 3.63) is 58.9 Å². The first-order valence-electron chi connectivity index (χ1n) is 5.40. The molecule has 0 radical (unpaired) electrons. The molecule has 0 aliphatic heterocycles. The van der Waals surface area contributed by atoms with Gasteiger partial charge in [0.15, 0.2) is 0 Å². The average molecular weight is 250 g/mol. The maximum absolute atomic E-state index is 13.7. The number of benzene rings is 2. The van der Waals surface area contributed by atoms with Crippen LogP contribution in [0.2, 0.25) is 5.02 Å². The van der Waals surface area contributed by atoms with E-state index < -0.39 is 0 Å². The van der Waals surface area contributed by atoms with Crippen LogP contribution in [-0.4, -0.2) is 7.05 Å². The minimum absolute atomic E-state index is 0.216. The summed E-state index contributed by atoms with van der Waals surface area (Å²) in [6.07, 6.45) is 0. The van der Waals surface area contributed by atoms with Gasteiger partial charge in [0.05, 0.1) is 0 Å². The van der Waals surface area contributed by atoms with Gasteiger partial charge >= 0.3 is 0 Å². The smallest absolute Gasteiger partial charge is 0.131 e. The summed E-state index contributed by atoms with van der Waals surface area (Å²) >= 11 is 5.96. The molecule has 2 aromatic rings. The minimum atomic E-state index is -0.216. The lowest BCUT2D eigenvalue weighted by molar-refractivity contribution is 0.631. The molecule has 0 aliphatic carbocycles. The Kier molecular flexibility index (Phi) is 3.77. The van der Waals surface area contributed by atoms with E-state index >= 15 is 0 Å². The van der Waals surface area contributed by atoms with E-state index in [0.717, 1.165) is 11.1 Å². The molecule has 88 valence electrons. The molecule has 0 heterocycles. The lowest BCUT2D eigenvalue weighted by Crippen LogP contribution is -2.06. The van der Waals surface area contributed by atoms with Crippen LogP contribution in [-0.2, 0) is 6.54 Å². The predicted molar refractivity (Wildman–Crippen MR) is 69.6 cm³/mol. The fourth-order valence-corrected chi connectivity index (χ4v) is 2.04. The quantitative estimate of drug-likeness (QED) is 0.871. The van der Waals surface area contributed by atoms with Gasteiger partial charge in [-0.1, -0.05) is 35.9 Å². The third-order valence-corrected chi connectivity index (χ3v) is 2.83. The molecule has 1 nitrogen and oxygen atoms in total. The van der Waals surface area contributed by atoms with Gasteiger partial charge in [-0.05, 0) is 36.4 Å². The lowest BCUT2D eigenvalue weighted by Gasteiger charge is -2.10. The summed E-state index contributed by atoms with van der Waals surface area (Å²) in [4.78, 5) is 0. The molecule has 0 saturated carbocycles. The molecule has 2 aromatic carbocycles. The highest BCUT2D eigenvalue weighted by molar-refractivity contribution is 6.30. The highest BCUT2D eigenvalue weighted by Gasteiger charge is 2.09. The van der Waals surface area contributed by atoms with Gasteiger partial charge in [0, 0.05) is 17.1 Å². The van der Waals surface area contributed by atoms with Crippen LogP contribution >= 0.6 is 11.6 Å². The molecule has 0 atom stereocenters. The van der Waals surface area contributed by atoms with Crippen molar-refractivity contribution < 1.29 is 4.39 Å². The molecule has 0 unspecified atom stereocenters. The van der Waals surface area contributed by atoms with Gasteiger partial charge in [0.2, 0.25) is 0 Å². The number of rotatable bonds is 3. The monoisotopic (exact) mass is 249 g/mol.